The van der Waals surface area contributed by atoms with Crippen molar-refractivity contribution in [3.8, 4) is 0 Å². The van der Waals surface area contributed by atoms with Crippen LogP contribution in [-0.4, -0.2) is 55.8 Å². The first-order valence-electron chi connectivity index (χ1n) is 9.29. The van der Waals surface area contributed by atoms with Gasteiger partial charge in [0.2, 0.25) is 11.8 Å². The Labute approximate surface area is 155 Å². The molecule has 1 aromatic rings. The molecule has 2 aliphatic heterocycles. The summed E-state index contributed by atoms with van der Waals surface area (Å²) in [6, 6.07) is 7.34. The van der Waals surface area contributed by atoms with Gasteiger partial charge in [-0.2, -0.15) is 0 Å². The van der Waals surface area contributed by atoms with Crippen molar-refractivity contribution >= 4 is 27.3 Å². The maximum atomic E-state index is 12.8. The van der Waals surface area contributed by atoms with Crippen LogP contribution in [0.4, 0.5) is 5.69 Å². The molecule has 1 atom stereocenters. The summed E-state index contributed by atoms with van der Waals surface area (Å²) in [6.45, 7) is 3.32. The highest BCUT2D eigenvalue weighted by Crippen LogP contribution is 2.23. The first-order valence-corrected chi connectivity index (χ1v) is 11.1. The smallest absolute Gasteiger partial charge is 0.227 e. The Morgan fingerprint density at radius 1 is 1.27 bits per heavy atom. The molecule has 2 heterocycles. The minimum atomic E-state index is -3.02. The normalized spacial score (nSPS) is 22.0. The highest BCUT2D eigenvalue weighted by atomic mass is 32.2. The van der Waals surface area contributed by atoms with E-state index >= 15 is 0 Å². The maximum Gasteiger partial charge on any atom is 0.227 e. The van der Waals surface area contributed by atoms with Gasteiger partial charge in [-0.1, -0.05) is 19.1 Å². The predicted molar refractivity (Wildman–Crippen MR) is 101 cm³/mol. The fraction of sp³-hybridized carbons (Fsp3) is 0.579. The van der Waals surface area contributed by atoms with E-state index < -0.39 is 9.84 Å². The summed E-state index contributed by atoms with van der Waals surface area (Å²) in [7, 11) is -3.02. The van der Waals surface area contributed by atoms with E-state index in [1.54, 1.807) is 9.80 Å². The van der Waals surface area contributed by atoms with Crippen molar-refractivity contribution in [1.29, 1.82) is 0 Å². The Hall–Kier alpha value is -1.89. The third-order valence-electron chi connectivity index (χ3n) is 5.11. The molecular formula is C19H26N2O4S. The molecule has 0 saturated carbocycles. The van der Waals surface area contributed by atoms with Crippen LogP contribution in [0, 0.1) is 0 Å². The van der Waals surface area contributed by atoms with Gasteiger partial charge in [0.05, 0.1) is 17.9 Å². The number of hydrogen-bond donors (Lipinski definition) is 0. The van der Waals surface area contributed by atoms with E-state index in [2.05, 4.69) is 0 Å². The van der Waals surface area contributed by atoms with Gasteiger partial charge in [0.25, 0.3) is 0 Å². The molecule has 2 saturated heterocycles. The van der Waals surface area contributed by atoms with E-state index in [4.69, 9.17) is 0 Å². The van der Waals surface area contributed by atoms with E-state index in [-0.39, 0.29) is 35.8 Å². The molecule has 0 spiro atoms. The van der Waals surface area contributed by atoms with Crippen LogP contribution in [0.3, 0.4) is 0 Å². The molecule has 0 N–H and O–H groups in total. The molecule has 142 valence electrons. The van der Waals surface area contributed by atoms with Crippen LogP contribution < -0.4 is 4.90 Å². The molecule has 0 bridgehead atoms. The fourth-order valence-electron chi connectivity index (χ4n) is 3.76. The van der Waals surface area contributed by atoms with Gasteiger partial charge in [-0.15, -0.1) is 0 Å². The van der Waals surface area contributed by atoms with E-state index in [0.717, 1.165) is 30.6 Å². The number of sulfone groups is 1. The average molecular weight is 378 g/mol. The molecule has 2 amide bonds. The number of hydrogen-bond acceptors (Lipinski definition) is 4. The summed E-state index contributed by atoms with van der Waals surface area (Å²) in [4.78, 5) is 28.1. The lowest BCUT2D eigenvalue weighted by Gasteiger charge is -2.28. The van der Waals surface area contributed by atoms with Crippen molar-refractivity contribution in [3.63, 3.8) is 0 Å². The quantitative estimate of drug-likeness (QED) is 0.756. The van der Waals surface area contributed by atoms with Crippen LogP contribution in [0.5, 0.6) is 0 Å². The standard InChI is InChI=1S/C19H26N2O4S/c1-2-10-20(17-9-12-26(24,25)14-17)19(23)13-15-5-7-16(8-6-15)21-11-3-4-18(21)22/h5-8,17H,2-4,9-14H2,1H3/t17-/m0/s1. The fourth-order valence-corrected chi connectivity index (χ4v) is 5.49. The number of amides is 2. The van der Waals surface area contributed by atoms with Gasteiger partial charge in [-0.05, 0) is 37.0 Å². The number of carbonyl (C=O) groups is 2. The maximum absolute atomic E-state index is 12.8. The second-order valence-corrected chi connectivity index (χ2v) is 9.36. The third kappa shape index (κ3) is 4.26. The van der Waals surface area contributed by atoms with Crippen LogP contribution in [0.2, 0.25) is 0 Å². The summed E-state index contributed by atoms with van der Waals surface area (Å²) >= 11 is 0. The zero-order valence-electron chi connectivity index (χ0n) is 15.2. The van der Waals surface area contributed by atoms with Gasteiger partial charge in [0.15, 0.2) is 9.84 Å². The summed E-state index contributed by atoms with van der Waals surface area (Å²) in [5.74, 6) is 0.364. The molecule has 0 unspecified atom stereocenters. The summed E-state index contributed by atoms with van der Waals surface area (Å²) in [5, 5.41) is 0. The Balaban J connectivity index is 1.66. The lowest BCUT2D eigenvalue weighted by atomic mass is 10.1. The lowest BCUT2D eigenvalue weighted by Crippen LogP contribution is -2.42. The molecule has 3 rings (SSSR count). The molecule has 0 aromatic heterocycles. The third-order valence-corrected chi connectivity index (χ3v) is 6.86. The number of rotatable bonds is 6. The molecule has 7 heteroatoms. The first kappa shape index (κ1) is 18.9. The number of carbonyl (C=O) groups excluding carboxylic acids is 2. The molecular weight excluding hydrogens is 352 g/mol. The van der Waals surface area contributed by atoms with Gasteiger partial charge in [0.1, 0.15) is 0 Å². The van der Waals surface area contributed by atoms with E-state index in [1.165, 1.54) is 0 Å². The number of anilines is 1. The van der Waals surface area contributed by atoms with Crippen LogP contribution in [-0.2, 0) is 25.8 Å². The lowest BCUT2D eigenvalue weighted by molar-refractivity contribution is -0.132. The van der Waals surface area contributed by atoms with Crippen molar-refractivity contribution in [1.82, 2.24) is 4.90 Å². The second kappa shape index (κ2) is 7.78. The zero-order chi connectivity index (χ0) is 18.7. The van der Waals surface area contributed by atoms with E-state index in [0.29, 0.717) is 19.4 Å². The Kier molecular flexibility index (Phi) is 5.65. The van der Waals surface area contributed by atoms with Crippen LogP contribution in [0.25, 0.3) is 0 Å². The largest absolute Gasteiger partial charge is 0.338 e. The summed E-state index contributed by atoms with van der Waals surface area (Å²) < 4.78 is 23.5. The van der Waals surface area contributed by atoms with E-state index in [9.17, 15) is 18.0 Å². The average Bonchev–Trinajstić information content (AvgIpc) is 3.18. The second-order valence-electron chi connectivity index (χ2n) is 7.14. The molecule has 2 aliphatic rings. The molecule has 6 nitrogen and oxygen atoms in total. The first-order chi connectivity index (χ1) is 12.4. The summed E-state index contributed by atoms with van der Waals surface area (Å²) in [5.41, 5.74) is 1.75. The van der Waals surface area contributed by atoms with Crippen molar-refractivity contribution < 1.29 is 18.0 Å². The topological polar surface area (TPSA) is 74.8 Å². The Morgan fingerprint density at radius 2 is 2.00 bits per heavy atom. The molecule has 0 aliphatic carbocycles. The molecule has 26 heavy (non-hydrogen) atoms. The Bertz CT molecular complexity index is 773. The number of benzene rings is 1. The SMILES string of the molecule is CCCN(C(=O)Cc1ccc(N2CCCC2=O)cc1)[C@H]1CCS(=O)(=O)C1. The number of nitrogens with zero attached hydrogens (tertiary/aromatic N) is 2. The molecule has 0 radical (unpaired) electrons. The van der Waals surface area contributed by atoms with Crippen molar-refractivity contribution in [3.05, 3.63) is 29.8 Å². The van der Waals surface area contributed by atoms with E-state index in [1.807, 2.05) is 31.2 Å². The van der Waals surface area contributed by atoms with Crippen molar-refractivity contribution in [2.24, 2.45) is 0 Å². The van der Waals surface area contributed by atoms with Gasteiger partial charge in [0, 0.05) is 31.2 Å². The minimum absolute atomic E-state index is 0.0288. The molecule has 1 aromatic carbocycles. The van der Waals surface area contributed by atoms with Gasteiger partial charge in [-0.25, -0.2) is 8.42 Å². The molecule has 2 fully saturated rings. The van der Waals surface area contributed by atoms with Gasteiger partial charge in [-0.3, -0.25) is 9.59 Å². The van der Waals surface area contributed by atoms with Gasteiger partial charge >= 0.3 is 0 Å². The van der Waals surface area contributed by atoms with Crippen LogP contribution in [0.1, 0.15) is 38.2 Å². The minimum Gasteiger partial charge on any atom is -0.338 e. The van der Waals surface area contributed by atoms with Crippen molar-refractivity contribution in [2.75, 3.05) is 29.5 Å². The van der Waals surface area contributed by atoms with Gasteiger partial charge < -0.3 is 9.80 Å². The zero-order valence-corrected chi connectivity index (χ0v) is 16.0. The Morgan fingerprint density at radius 3 is 2.54 bits per heavy atom. The monoisotopic (exact) mass is 378 g/mol. The predicted octanol–water partition coefficient (Wildman–Crippen LogP) is 1.78. The highest BCUT2D eigenvalue weighted by Gasteiger charge is 2.34. The van der Waals surface area contributed by atoms with Crippen LogP contribution in [0.15, 0.2) is 24.3 Å². The summed E-state index contributed by atoms with van der Waals surface area (Å²) in [6.07, 6.45) is 3.07. The van der Waals surface area contributed by atoms with Crippen molar-refractivity contribution in [2.45, 2.75) is 45.1 Å². The van der Waals surface area contributed by atoms with Crippen LogP contribution >= 0.6 is 0 Å². The highest BCUT2D eigenvalue weighted by molar-refractivity contribution is 7.91.